The smallest absolute Gasteiger partial charge is 0.0345 e. The number of rotatable bonds is 1. The summed E-state index contributed by atoms with van der Waals surface area (Å²) in [5.74, 6) is 0. The fourth-order valence-electron chi connectivity index (χ4n) is 1.43. The Labute approximate surface area is 84.5 Å². The van der Waals surface area contributed by atoms with Crippen LogP contribution in [-0.4, -0.2) is 5.71 Å². The molecule has 0 saturated heterocycles. The zero-order valence-electron chi connectivity index (χ0n) is 8.27. The van der Waals surface area contributed by atoms with E-state index in [9.17, 15) is 0 Å². The van der Waals surface area contributed by atoms with Crippen molar-refractivity contribution in [2.75, 3.05) is 0 Å². The summed E-state index contributed by atoms with van der Waals surface area (Å²) in [5, 5.41) is 0. The molecule has 0 aliphatic carbocycles. The molecule has 0 amide bonds. The fourth-order valence-corrected chi connectivity index (χ4v) is 1.43. The van der Waals surface area contributed by atoms with Crippen LogP contribution in [0, 0.1) is 0 Å². The van der Waals surface area contributed by atoms with Gasteiger partial charge < -0.3 is 0 Å². The van der Waals surface area contributed by atoms with Crippen molar-refractivity contribution in [2.24, 2.45) is 4.99 Å². The first-order chi connectivity index (χ1) is 6.86. The Kier molecular flexibility index (Phi) is 2.59. The standard InChI is InChI=1S/C13H13N/c1-11-6-5-9-13(10-14-11)12-7-3-2-4-8-12/h2-5,7-10H,6H2,1H3. The van der Waals surface area contributed by atoms with E-state index in [4.69, 9.17) is 0 Å². The lowest BCUT2D eigenvalue weighted by molar-refractivity contribution is 1.41. The average Bonchev–Trinajstić information content (AvgIpc) is 2.44. The molecule has 1 aliphatic heterocycles. The normalized spacial score (nSPS) is 15.8. The predicted molar refractivity (Wildman–Crippen MR) is 61.3 cm³/mol. The van der Waals surface area contributed by atoms with Gasteiger partial charge in [0.2, 0.25) is 0 Å². The van der Waals surface area contributed by atoms with Crippen molar-refractivity contribution in [1.82, 2.24) is 0 Å². The minimum atomic E-state index is 0.951. The monoisotopic (exact) mass is 183 g/mol. The van der Waals surface area contributed by atoms with Crippen LogP contribution < -0.4 is 0 Å². The third kappa shape index (κ3) is 1.99. The van der Waals surface area contributed by atoms with Crippen molar-refractivity contribution in [1.29, 1.82) is 0 Å². The van der Waals surface area contributed by atoms with Crippen LogP contribution in [0.5, 0.6) is 0 Å². The van der Waals surface area contributed by atoms with Crippen LogP contribution in [0.3, 0.4) is 0 Å². The minimum absolute atomic E-state index is 0.951. The van der Waals surface area contributed by atoms with E-state index in [1.165, 1.54) is 11.1 Å². The third-order valence-corrected chi connectivity index (χ3v) is 2.24. The molecule has 1 aromatic rings. The number of nitrogens with zero attached hydrogens (tertiary/aromatic N) is 1. The third-order valence-electron chi connectivity index (χ3n) is 2.24. The van der Waals surface area contributed by atoms with Crippen LogP contribution in [0.15, 0.2) is 53.7 Å². The summed E-state index contributed by atoms with van der Waals surface area (Å²) in [4.78, 5) is 4.37. The topological polar surface area (TPSA) is 12.4 Å². The predicted octanol–water partition coefficient (Wildman–Crippen LogP) is 3.45. The van der Waals surface area contributed by atoms with Gasteiger partial charge in [-0.25, -0.2) is 0 Å². The summed E-state index contributed by atoms with van der Waals surface area (Å²) in [5.41, 5.74) is 3.57. The number of hydrogen-bond acceptors (Lipinski definition) is 1. The highest BCUT2D eigenvalue weighted by Crippen LogP contribution is 2.17. The van der Waals surface area contributed by atoms with Gasteiger partial charge in [0.1, 0.15) is 0 Å². The molecule has 0 bridgehead atoms. The lowest BCUT2D eigenvalue weighted by Gasteiger charge is -1.98. The zero-order valence-corrected chi connectivity index (χ0v) is 8.27. The molecule has 0 spiro atoms. The van der Waals surface area contributed by atoms with Gasteiger partial charge in [0.05, 0.1) is 0 Å². The van der Waals surface area contributed by atoms with Crippen molar-refractivity contribution < 1.29 is 0 Å². The van der Waals surface area contributed by atoms with E-state index in [-0.39, 0.29) is 0 Å². The molecule has 0 saturated carbocycles. The fraction of sp³-hybridized carbons (Fsp3) is 0.154. The van der Waals surface area contributed by atoms with Gasteiger partial charge in [-0.3, -0.25) is 4.99 Å². The van der Waals surface area contributed by atoms with Crippen LogP contribution in [0.25, 0.3) is 5.57 Å². The van der Waals surface area contributed by atoms with Crippen LogP contribution in [-0.2, 0) is 0 Å². The molecule has 1 heteroatoms. The SMILES string of the molecule is CC1=NC=C(c2ccccc2)C=CC1. The summed E-state index contributed by atoms with van der Waals surface area (Å²) >= 11 is 0. The maximum Gasteiger partial charge on any atom is 0.0345 e. The lowest BCUT2D eigenvalue weighted by atomic mass is 10.1. The summed E-state index contributed by atoms with van der Waals surface area (Å²) < 4.78 is 0. The molecule has 1 heterocycles. The van der Waals surface area contributed by atoms with Crippen LogP contribution in [0.1, 0.15) is 18.9 Å². The van der Waals surface area contributed by atoms with Crippen LogP contribution in [0.4, 0.5) is 0 Å². The molecule has 14 heavy (non-hydrogen) atoms. The molecule has 1 aliphatic rings. The molecule has 0 atom stereocenters. The molecular weight excluding hydrogens is 170 g/mol. The van der Waals surface area contributed by atoms with Gasteiger partial charge in [-0.05, 0) is 18.1 Å². The van der Waals surface area contributed by atoms with E-state index < -0.39 is 0 Å². The van der Waals surface area contributed by atoms with E-state index in [0.717, 1.165) is 12.1 Å². The van der Waals surface area contributed by atoms with Gasteiger partial charge in [0.25, 0.3) is 0 Å². The van der Waals surface area contributed by atoms with E-state index in [1.807, 2.05) is 24.4 Å². The van der Waals surface area contributed by atoms with Crippen molar-refractivity contribution in [3.63, 3.8) is 0 Å². The summed E-state index contributed by atoms with van der Waals surface area (Å²) in [6.45, 7) is 2.05. The highest BCUT2D eigenvalue weighted by molar-refractivity contribution is 5.87. The molecule has 2 rings (SSSR count). The number of aliphatic imine (C=N–C) groups is 1. The van der Waals surface area contributed by atoms with Crippen molar-refractivity contribution in [3.05, 3.63) is 54.2 Å². The molecular formula is C13H13N. The van der Waals surface area contributed by atoms with E-state index >= 15 is 0 Å². The lowest BCUT2D eigenvalue weighted by Crippen LogP contribution is -1.83. The summed E-state index contributed by atoms with van der Waals surface area (Å²) in [6, 6.07) is 10.3. The van der Waals surface area contributed by atoms with Crippen molar-refractivity contribution in [3.8, 4) is 0 Å². The maximum atomic E-state index is 4.37. The largest absolute Gasteiger partial charge is 0.265 e. The summed E-state index contributed by atoms with van der Waals surface area (Å²) in [7, 11) is 0. The first-order valence-electron chi connectivity index (χ1n) is 4.81. The Morgan fingerprint density at radius 3 is 2.71 bits per heavy atom. The Morgan fingerprint density at radius 1 is 1.14 bits per heavy atom. The molecule has 0 unspecified atom stereocenters. The minimum Gasteiger partial charge on any atom is -0.265 e. The Bertz CT molecular complexity index is 397. The highest BCUT2D eigenvalue weighted by atomic mass is 14.7. The van der Waals surface area contributed by atoms with Gasteiger partial charge in [-0.1, -0.05) is 42.5 Å². The van der Waals surface area contributed by atoms with Gasteiger partial charge in [-0.2, -0.15) is 0 Å². The van der Waals surface area contributed by atoms with E-state index in [2.05, 4.69) is 36.2 Å². The second kappa shape index (κ2) is 4.05. The van der Waals surface area contributed by atoms with Crippen molar-refractivity contribution >= 4 is 11.3 Å². The second-order valence-electron chi connectivity index (χ2n) is 3.42. The molecule has 0 radical (unpaired) electrons. The molecule has 0 fully saturated rings. The summed E-state index contributed by atoms with van der Waals surface area (Å²) in [6.07, 6.45) is 7.18. The van der Waals surface area contributed by atoms with E-state index in [0.29, 0.717) is 0 Å². The Balaban J connectivity index is 2.36. The maximum absolute atomic E-state index is 4.37. The van der Waals surface area contributed by atoms with Gasteiger partial charge >= 0.3 is 0 Å². The molecule has 0 aromatic heterocycles. The number of allylic oxidation sites excluding steroid dienone is 3. The Morgan fingerprint density at radius 2 is 1.93 bits per heavy atom. The second-order valence-corrected chi connectivity index (χ2v) is 3.42. The van der Waals surface area contributed by atoms with Gasteiger partial charge in [0, 0.05) is 18.3 Å². The molecule has 0 N–H and O–H groups in total. The average molecular weight is 183 g/mol. The van der Waals surface area contributed by atoms with Crippen LogP contribution >= 0.6 is 0 Å². The van der Waals surface area contributed by atoms with Crippen molar-refractivity contribution in [2.45, 2.75) is 13.3 Å². The molecule has 70 valence electrons. The zero-order chi connectivity index (χ0) is 9.80. The molecule has 1 aromatic carbocycles. The Hall–Kier alpha value is -1.63. The quantitative estimate of drug-likeness (QED) is 0.632. The first-order valence-corrected chi connectivity index (χ1v) is 4.81. The highest BCUT2D eigenvalue weighted by Gasteiger charge is 1.99. The number of hydrogen-bond donors (Lipinski definition) is 0. The van der Waals surface area contributed by atoms with Gasteiger partial charge in [-0.15, -0.1) is 0 Å². The number of benzene rings is 1. The molecule has 1 nitrogen and oxygen atoms in total. The van der Waals surface area contributed by atoms with Crippen LogP contribution in [0.2, 0.25) is 0 Å². The van der Waals surface area contributed by atoms with E-state index in [1.54, 1.807) is 0 Å². The first kappa shape index (κ1) is 8.95. The van der Waals surface area contributed by atoms with Gasteiger partial charge in [0.15, 0.2) is 0 Å².